The van der Waals surface area contributed by atoms with Crippen molar-refractivity contribution < 1.29 is 13.9 Å². The molecule has 0 amide bonds. The molecule has 4 nitrogen and oxygen atoms in total. The van der Waals surface area contributed by atoms with Crippen molar-refractivity contribution in [1.29, 1.82) is 0 Å². The summed E-state index contributed by atoms with van der Waals surface area (Å²) < 4.78 is 10.2. The van der Waals surface area contributed by atoms with Crippen LogP contribution in [0, 0.1) is 6.92 Å². The molecule has 0 aliphatic carbocycles. The molecular formula is C14H17NO3S. The van der Waals surface area contributed by atoms with E-state index in [0.29, 0.717) is 17.9 Å². The SMILES string of the molecule is COC(=O)c1cc(CNC(C)c2cccs2)oc1C. The molecule has 1 unspecified atom stereocenters. The topological polar surface area (TPSA) is 51.5 Å². The number of methoxy groups -OCH3 is 1. The molecule has 2 heterocycles. The Hall–Kier alpha value is -1.59. The van der Waals surface area contributed by atoms with E-state index in [-0.39, 0.29) is 12.0 Å². The number of hydrogen-bond acceptors (Lipinski definition) is 5. The number of aryl methyl sites for hydroxylation is 1. The van der Waals surface area contributed by atoms with Gasteiger partial charge in [0, 0.05) is 10.9 Å². The van der Waals surface area contributed by atoms with Gasteiger partial charge in [0.15, 0.2) is 0 Å². The monoisotopic (exact) mass is 279 g/mol. The second kappa shape index (κ2) is 6.04. The van der Waals surface area contributed by atoms with Crippen LogP contribution in [0.5, 0.6) is 0 Å². The molecule has 0 spiro atoms. The maximum absolute atomic E-state index is 11.5. The predicted molar refractivity (Wildman–Crippen MR) is 74.4 cm³/mol. The summed E-state index contributed by atoms with van der Waals surface area (Å²) in [4.78, 5) is 12.7. The quantitative estimate of drug-likeness (QED) is 0.853. The van der Waals surface area contributed by atoms with Crippen LogP contribution in [0.25, 0.3) is 0 Å². The third kappa shape index (κ3) is 3.24. The molecule has 1 N–H and O–H groups in total. The molecular weight excluding hydrogens is 262 g/mol. The molecule has 102 valence electrons. The average molecular weight is 279 g/mol. The lowest BCUT2D eigenvalue weighted by atomic mass is 10.2. The fourth-order valence-corrected chi connectivity index (χ4v) is 2.59. The highest BCUT2D eigenvalue weighted by Gasteiger charge is 2.15. The number of rotatable bonds is 5. The van der Waals surface area contributed by atoms with E-state index in [1.807, 2.05) is 6.07 Å². The van der Waals surface area contributed by atoms with E-state index in [2.05, 4.69) is 23.7 Å². The fraction of sp³-hybridized carbons (Fsp3) is 0.357. The van der Waals surface area contributed by atoms with Crippen molar-refractivity contribution in [1.82, 2.24) is 5.32 Å². The van der Waals surface area contributed by atoms with Crippen molar-refractivity contribution in [2.75, 3.05) is 7.11 Å². The van der Waals surface area contributed by atoms with E-state index < -0.39 is 0 Å². The van der Waals surface area contributed by atoms with E-state index in [9.17, 15) is 4.79 Å². The Morgan fingerprint density at radius 2 is 2.37 bits per heavy atom. The maximum atomic E-state index is 11.5. The molecule has 0 radical (unpaired) electrons. The van der Waals surface area contributed by atoms with Gasteiger partial charge < -0.3 is 14.5 Å². The molecule has 19 heavy (non-hydrogen) atoms. The highest BCUT2D eigenvalue weighted by molar-refractivity contribution is 7.10. The smallest absolute Gasteiger partial charge is 0.341 e. The summed E-state index contributed by atoms with van der Waals surface area (Å²) in [5.74, 6) is 0.965. The third-order valence-corrected chi connectivity index (χ3v) is 3.98. The summed E-state index contributed by atoms with van der Waals surface area (Å²) >= 11 is 1.72. The highest BCUT2D eigenvalue weighted by atomic mass is 32.1. The molecule has 0 aliphatic heterocycles. The minimum absolute atomic E-state index is 0.256. The Labute approximate surface area is 116 Å². The Kier molecular flexibility index (Phi) is 4.39. The van der Waals surface area contributed by atoms with Gasteiger partial charge in [-0.2, -0.15) is 0 Å². The summed E-state index contributed by atoms with van der Waals surface area (Å²) in [6.07, 6.45) is 0. The minimum Gasteiger partial charge on any atom is -0.465 e. The second-order valence-corrected chi connectivity index (χ2v) is 5.27. The number of carbonyl (C=O) groups excluding carboxylic acids is 1. The van der Waals surface area contributed by atoms with Crippen molar-refractivity contribution in [3.63, 3.8) is 0 Å². The van der Waals surface area contributed by atoms with Gasteiger partial charge in [-0.1, -0.05) is 6.07 Å². The van der Waals surface area contributed by atoms with Gasteiger partial charge in [0.1, 0.15) is 17.1 Å². The first kappa shape index (κ1) is 13.8. The molecule has 1 atom stereocenters. The van der Waals surface area contributed by atoms with Gasteiger partial charge in [0.05, 0.1) is 13.7 Å². The molecule has 2 aromatic heterocycles. The van der Waals surface area contributed by atoms with Crippen molar-refractivity contribution in [3.8, 4) is 0 Å². The zero-order valence-electron chi connectivity index (χ0n) is 11.2. The van der Waals surface area contributed by atoms with E-state index in [4.69, 9.17) is 9.15 Å². The number of thiophene rings is 1. The van der Waals surface area contributed by atoms with Crippen LogP contribution in [0.4, 0.5) is 0 Å². The Morgan fingerprint density at radius 1 is 1.58 bits per heavy atom. The first-order valence-corrected chi connectivity index (χ1v) is 6.94. The number of esters is 1. The Morgan fingerprint density at radius 3 is 3.00 bits per heavy atom. The summed E-state index contributed by atoms with van der Waals surface area (Å²) in [5, 5.41) is 5.42. The maximum Gasteiger partial charge on any atom is 0.341 e. The summed E-state index contributed by atoms with van der Waals surface area (Å²) in [7, 11) is 1.37. The van der Waals surface area contributed by atoms with Crippen LogP contribution >= 0.6 is 11.3 Å². The van der Waals surface area contributed by atoms with E-state index >= 15 is 0 Å². The van der Waals surface area contributed by atoms with Gasteiger partial charge in [-0.25, -0.2) is 4.79 Å². The largest absolute Gasteiger partial charge is 0.465 e. The zero-order valence-corrected chi connectivity index (χ0v) is 12.0. The summed E-state index contributed by atoms with van der Waals surface area (Å²) in [6.45, 7) is 4.44. The summed E-state index contributed by atoms with van der Waals surface area (Å²) in [5.41, 5.74) is 0.489. The Balaban J connectivity index is 1.98. The minimum atomic E-state index is -0.362. The van der Waals surface area contributed by atoms with Crippen molar-refractivity contribution in [2.45, 2.75) is 26.4 Å². The fourth-order valence-electron chi connectivity index (χ4n) is 1.84. The average Bonchev–Trinajstić information content (AvgIpc) is 3.04. The molecule has 2 aromatic rings. The van der Waals surface area contributed by atoms with E-state index in [0.717, 1.165) is 5.76 Å². The second-order valence-electron chi connectivity index (χ2n) is 4.29. The standard InChI is InChI=1S/C14H17NO3S/c1-9(13-5-4-6-19-13)15-8-11-7-12(10(2)18-11)14(16)17-3/h4-7,9,15H,8H2,1-3H3. The highest BCUT2D eigenvalue weighted by Crippen LogP contribution is 2.20. The third-order valence-electron chi connectivity index (χ3n) is 2.93. The molecule has 2 rings (SSSR count). The molecule has 0 saturated heterocycles. The van der Waals surface area contributed by atoms with Gasteiger partial charge in [0.25, 0.3) is 0 Å². The van der Waals surface area contributed by atoms with Crippen LogP contribution in [0.2, 0.25) is 0 Å². The number of carbonyl (C=O) groups is 1. The first-order valence-electron chi connectivity index (χ1n) is 6.06. The number of ether oxygens (including phenoxy) is 1. The Bertz CT molecular complexity index is 545. The van der Waals surface area contributed by atoms with Gasteiger partial charge in [0.2, 0.25) is 0 Å². The number of hydrogen-bond donors (Lipinski definition) is 1. The van der Waals surface area contributed by atoms with Crippen molar-refractivity contribution >= 4 is 17.3 Å². The van der Waals surface area contributed by atoms with Crippen LogP contribution in [-0.2, 0) is 11.3 Å². The molecule has 0 bridgehead atoms. The van der Waals surface area contributed by atoms with Gasteiger partial charge >= 0.3 is 5.97 Å². The van der Waals surface area contributed by atoms with Crippen molar-refractivity contribution in [3.05, 3.63) is 45.5 Å². The lowest BCUT2D eigenvalue weighted by Gasteiger charge is -2.10. The van der Waals surface area contributed by atoms with Gasteiger partial charge in [-0.15, -0.1) is 11.3 Å². The molecule has 0 saturated carbocycles. The van der Waals surface area contributed by atoms with Crippen molar-refractivity contribution in [2.24, 2.45) is 0 Å². The molecule has 0 aromatic carbocycles. The van der Waals surface area contributed by atoms with Gasteiger partial charge in [-0.3, -0.25) is 0 Å². The normalized spacial score (nSPS) is 12.4. The lowest BCUT2D eigenvalue weighted by Crippen LogP contribution is -2.16. The van der Waals surface area contributed by atoms with Gasteiger partial charge in [-0.05, 0) is 31.4 Å². The number of nitrogens with one attached hydrogen (secondary N) is 1. The van der Waals surface area contributed by atoms with Crippen LogP contribution in [0.1, 0.15) is 39.7 Å². The van der Waals surface area contributed by atoms with Crippen LogP contribution in [0.3, 0.4) is 0 Å². The van der Waals surface area contributed by atoms with Crippen LogP contribution < -0.4 is 5.32 Å². The van der Waals surface area contributed by atoms with Crippen LogP contribution in [-0.4, -0.2) is 13.1 Å². The lowest BCUT2D eigenvalue weighted by molar-refractivity contribution is 0.0599. The molecule has 5 heteroatoms. The molecule has 0 fully saturated rings. The van der Waals surface area contributed by atoms with Crippen LogP contribution in [0.15, 0.2) is 28.0 Å². The van der Waals surface area contributed by atoms with E-state index in [1.165, 1.54) is 12.0 Å². The van der Waals surface area contributed by atoms with E-state index in [1.54, 1.807) is 24.3 Å². The number of furan rings is 1. The first-order chi connectivity index (χ1) is 9.11. The molecule has 0 aliphatic rings. The zero-order chi connectivity index (χ0) is 13.8. The predicted octanol–water partition coefficient (Wildman–Crippen LogP) is 3.29. The summed E-state index contributed by atoms with van der Waals surface area (Å²) in [6, 6.07) is 6.11.